The molecular weight excluding hydrogens is 829 g/mol. The van der Waals surface area contributed by atoms with Crippen LogP contribution in [0.2, 0.25) is 0 Å². The standard InChI is InChI=1S/C49H60N8O8/c1-8-41(58)54-22-19-49(27-54)47(62)56(29-65-49)42(30(3)4)44(59)52-38-24-32-13-10-15-36(51-32)31-17-18-40-34(23-31)35(43(55(40)9-2)33-14-11-20-50-39(33)26-63-7)25-48(5,6)28-64-46(61)37-16-12-21-57(53-37)45(38)60/h8,10-11,13-15,17-18,20,23,30,37-38,42,53H,1,9,12,16,19,21-22,24-29H2,2-7H3,(H,52,59)/t37-,38-,42?,49+/m0/s1. The Balaban J connectivity index is 1.18. The SMILES string of the molecule is C=CC(=O)N1CC[C@]2(C1)OCN(C(C(=O)N[C@H]1Cc3cccc(n3)-c3ccc4c(c3)c(c(-c3cccnc3COC)n4CC)CC(C)(C)COC(=O)[C@@H]3CCCN(N3)C1=O)C(C)C)C2=O. The number of hydrogen-bond donors (Lipinski definition) is 2. The van der Waals surface area contributed by atoms with Gasteiger partial charge in [0.15, 0.2) is 5.60 Å². The molecule has 3 aromatic heterocycles. The molecule has 0 radical (unpaired) electrons. The van der Waals surface area contributed by atoms with E-state index in [2.05, 4.69) is 60.9 Å². The van der Waals surface area contributed by atoms with Gasteiger partial charge in [-0.25, -0.2) is 5.43 Å². The van der Waals surface area contributed by atoms with Gasteiger partial charge >= 0.3 is 5.97 Å². The maximum absolute atomic E-state index is 14.7. The van der Waals surface area contributed by atoms with Crippen LogP contribution in [-0.4, -0.2) is 123 Å². The van der Waals surface area contributed by atoms with E-state index >= 15 is 0 Å². The first-order valence-electron chi connectivity index (χ1n) is 22.6. The number of cyclic esters (lactones) is 1. The van der Waals surface area contributed by atoms with Crippen LogP contribution in [0.15, 0.2) is 67.4 Å². The maximum Gasteiger partial charge on any atom is 0.324 e. The Kier molecular flexibility index (Phi) is 13.0. The highest BCUT2D eigenvalue weighted by Crippen LogP contribution is 2.41. The van der Waals surface area contributed by atoms with Crippen LogP contribution in [0.1, 0.15) is 70.8 Å². The third-order valence-electron chi connectivity index (χ3n) is 13.1. The number of methoxy groups -OCH3 is 1. The number of pyridine rings is 2. The first-order valence-corrected chi connectivity index (χ1v) is 22.6. The molecule has 4 aliphatic rings. The number of amides is 4. The van der Waals surface area contributed by atoms with Crippen LogP contribution in [0.4, 0.5) is 0 Å². The van der Waals surface area contributed by atoms with Gasteiger partial charge in [-0.15, -0.1) is 0 Å². The number of esters is 1. The van der Waals surface area contributed by atoms with Crippen LogP contribution in [0.5, 0.6) is 0 Å². The summed E-state index contributed by atoms with van der Waals surface area (Å²) < 4.78 is 20.1. The third-order valence-corrected chi connectivity index (χ3v) is 13.1. The number of aryl methyl sites for hydroxylation is 1. The number of carbonyl (C=O) groups excluding carboxylic acids is 5. The average Bonchev–Trinajstić information content (AvgIpc) is 3.97. The lowest BCUT2D eigenvalue weighted by atomic mass is 9.84. The molecule has 0 saturated carbocycles. The minimum Gasteiger partial charge on any atom is -0.464 e. The van der Waals surface area contributed by atoms with E-state index in [1.807, 2.05) is 44.2 Å². The first-order chi connectivity index (χ1) is 31.2. The van der Waals surface area contributed by atoms with E-state index in [0.29, 0.717) is 63.3 Å². The van der Waals surface area contributed by atoms with Crippen molar-refractivity contribution < 1.29 is 38.2 Å². The smallest absolute Gasteiger partial charge is 0.324 e. The lowest BCUT2D eigenvalue weighted by Gasteiger charge is -2.36. The summed E-state index contributed by atoms with van der Waals surface area (Å²) in [5.41, 5.74) is 8.40. The fourth-order valence-electron chi connectivity index (χ4n) is 9.90. The van der Waals surface area contributed by atoms with Crippen molar-refractivity contribution in [2.75, 3.05) is 40.1 Å². The number of aromatic nitrogens is 3. The Labute approximate surface area is 379 Å². The van der Waals surface area contributed by atoms with Gasteiger partial charge in [0.05, 0.1) is 36.8 Å². The minimum atomic E-state index is -1.26. The summed E-state index contributed by atoms with van der Waals surface area (Å²) in [4.78, 5) is 82.5. The molecule has 6 bridgehead atoms. The van der Waals surface area contributed by atoms with E-state index in [9.17, 15) is 24.0 Å². The Morgan fingerprint density at radius 1 is 1.11 bits per heavy atom. The summed E-state index contributed by atoms with van der Waals surface area (Å²) in [7, 11) is 1.66. The summed E-state index contributed by atoms with van der Waals surface area (Å²) in [5, 5.41) is 5.44. The van der Waals surface area contributed by atoms with Crippen molar-refractivity contribution in [2.45, 2.75) is 104 Å². The molecule has 8 rings (SSSR count). The molecular formula is C49H60N8O8. The van der Waals surface area contributed by atoms with Gasteiger partial charge in [0, 0.05) is 78.9 Å². The van der Waals surface area contributed by atoms with E-state index in [1.165, 1.54) is 20.9 Å². The van der Waals surface area contributed by atoms with Crippen LogP contribution in [0, 0.1) is 11.3 Å². The molecule has 3 fully saturated rings. The largest absolute Gasteiger partial charge is 0.464 e. The van der Waals surface area contributed by atoms with Gasteiger partial charge in [-0.3, -0.25) is 38.9 Å². The fourth-order valence-corrected chi connectivity index (χ4v) is 9.90. The van der Waals surface area contributed by atoms with Crippen molar-refractivity contribution in [3.05, 3.63) is 84.3 Å². The molecule has 4 aliphatic heterocycles. The molecule has 16 nitrogen and oxygen atoms in total. The van der Waals surface area contributed by atoms with Gasteiger partial charge in [0.25, 0.3) is 11.8 Å². The highest BCUT2D eigenvalue weighted by atomic mass is 16.5. The van der Waals surface area contributed by atoms with Crippen molar-refractivity contribution in [1.82, 2.24) is 40.1 Å². The molecule has 4 atom stereocenters. The Morgan fingerprint density at radius 2 is 1.92 bits per heavy atom. The van der Waals surface area contributed by atoms with Crippen molar-refractivity contribution in [2.24, 2.45) is 11.3 Å². The fraction of sp³-hybridized carbons (Fsp3) is 0.490. The molecule has 1 aromatic carbocycles. The molecule has 1 spiro atoms. The van der Waals surface area contributed by atoms with Crippen LogP contribution in [-0.2, 0) is 64.2 Å². The zero-order valence-electron chi connectivity index (χ0n) is 38.2. The van der Waals surface area contributed by atoms with Crippen LogP contribution in [0.3, 0.4) is 0 Å². The topological polar surface area (TPSA) is 178 Å². The number of fused-ring (bicyclic) bond motifs is 6. The lowest BCUT2D eigenvalue weighted by Crippen LogP contribution is -2.62. The van der Waals surface area contributed by atoms with Crippen molar-refractivity contribution >= 4 is 40.5 Å². The molecule has 0 aliphatic carbocycles. The molecule has 16 heteroatoms. The van der Waals surface area contributed by atoms with E-state index in [1.54, 1.807) is 13.3 Å². The number of nitrogens with one attached hydrogen (secondary N) is 2. The van der Waals surface area contributed by atoms with Gasteiger partial charge in [-0.2, -0.15) is 0 Å². The number of nitrogens with zero attached hydrogens (tertiary/aromatic N) is 6. The van der Waals surface area contributed by atoms with Gasteiger partial charge < -0.3 is 33.9 Å². The monoisotopic (exact) mass is 888 g/mol. The second kappa shape index (κ2) is 18.5. The summed E-state index contributed by atoms with van der Waals surface area (Å²) in [6, 6.07) is 13.1. The first kappa shape index (κ1) is 45.6. The number of rotatable bonds is 9. The number of likely N-dealkylation sites (tertiary alicyclic amines) is 1. The van der Waals surface area contributed by atoms with Crippen LogP contribution >= 0.6 is 0 Å². The van der Waals surface area contributed by atoms with Gasteiger partial charge in [-0.1, -0.05) is 46.4 Å². The molecule has 65 heavy (non-hydrogen) atoms. The zero-order chi connectivity index (χ0) is 46.2. The molecule has 4 aromatic rings. The predicted octanol–water partition coefficient (Wildman–Crippen LogP) is 4.58. The number of hydrazine groups is 1. The molecule has 344 valence electrons. The number of benzene rings is 1. The summed E-state index contributed by atoms with van der Waals surface area (Å²) in [6.45, 7) is 15.2. The molecule has 4 amide bonds. The highest BCUT2D eigenvalue weighted by Gasteiger charge is 2.56. The van der Waals surface area contributed by atoms with E-state index in [-0.39, 0.29) is 44.0 Å². The minimum absolute atomic E-state index is 0.0187. The predicted molar refractivity (Wildman–Crippen MR) is 242 cm³/mol. The normalized spacial score (nSPS) is 22.9. The second-order valence-corrected chi connectivity index (χ2v) is 18.7. The highest BCUT2D eigenvalue weighted by molar-refractivity contribution is 5.97. The maximum atomic E-state index is 14.7. The van der Waals surface area contributed by atoms with Crippen molar-refractivity contribution in [1.29, 1.82) is 0 Å². The number of carbonyl (C=O) groups is 5. The number of ether oxygens (including phenoxy) is 3. The average molecular weight is 889 g/mol. The summed E-state index contributed by atoms with van der Waals surface area (Å²) in [5.74, 6) is -2.50. The second-order valence-electron chi connectivity index (χ2n) is 18.7. The lowest BCUT2D eigenvalue weighted by molar-refractivity contribution is -0.155. The third kappa shape index (κ3) is 8.91. The Morgan fingerprint density at radius 3 is 2.68 bits per heavy atom. The van der Waals surface area contributed by atoms with E-state index < -0.39 is 46.9 Å². The van der Waals surface area contributed by atoms with Gasteiger partial charge in [0.1, 0.15) is 24.9 Å². The molecule has 3 saturated heterocycles. The Hall–Kier alpha value is -5.97. The van der Waals surface area contributed by atoms with Gasteiger partial charge in [0.2, 0.25) is 11.8 Å². The van der Waals surface area contributed by atoms with Gasteiger partial charge in [-0.05, 0) is 80.1 Å². The Bertz CT molecular complexity index is 2520. The quantitative estimate of drug-likeness (QED) is 0.178. The zero-order valence-corrected chi connectivity index (χ0v) is 38.2. The number of hydrogen-bond acceptors (Lipinski definition) is 11. The van der Waals surface area contributed by atoms with Crippen LogP contribution < -0.4 is 10.7 Å². The summed E-state index contributed by atoms with van der Waals surface area (Å²) >= 11 is 0. The summed E-state index contributed by atoms with van der Waals surface area (Å²) in [6.07, 6.45) is 4.84. The van der Waals surface area contributed by atoms with Crippen LogP contribution in [0.25, 0.3) is 33.4 Å². The molecule has 1 unspecified atom stereocenters. The van der Waals surface area contributed by atoms with E-state index in [4.69, 9.17) is 24.2 Å². The van der Waals surface area contributed by atoms with Crippen molar-refractivity contribution in [3.8, 4) is 22.5 Å². The molecule has 2 N–H and O–H groups in total. The molecule has 7 heterocycles. The van der Waals surface area contributed by atoms with Crippen molar-refractivity contribution in [3.63, 3.8) is 0 Å². The van der Waals surface area contributed by atoms with E-state index in [0.717, 1.165) is 39.0 Å².